The fourth-order valence-electron chi connectivity index (χ4n) is 4.63. The number of piperidine rings is 1. The molecule has 0 bridgehead atoms. The Bertz CT molecular complexity index is 770. The van der Waals surface area contributed by atoms with Crippen molar-refractivity contribution < 1.29 is 33.0 Å². The minimum atomic E-state index is -4.54. The maximum absolute atomic E-state index is 13.4. The largest absolute Gasteiger partial charge is 0.465 e. The number of halogens is 3. The van der Waals surface area contributed by atoms with Gasteiger partial charge in [-0.15, -0.1) is 0 Å². The van der Waals surface area contributed by atoms with Crippen molar-refractivity contribution in [3.05, 3.63) is 35.4 Å². The Labute approximate surface area is 173 Å². The number of carbonyl (C=O) groups excluding carboxylic acids is 1. The van der Waals surface area contributed by atoms with Crippen LogP contribution in [0.25, 0.3) is 0 Å². The number of benzene rings is 1. The van der Waals surface area contributed by atoms with Gasteiger partial charge >= 0.3 is 12.3 Å². The fraction of sp³-hybridized carbons (Fsp3) is 0.619. The summed E-state index contributed by atoms with van der Waals surface area (Å²) in [4.78, 5) is 25.8. The molecule has 0 spiro atoms. The lowest BCUT2D eigenvalue weighted by Gasteiger charge is -2.42. The van der Waals surface area contributed by atoms with Gasteiger partial charge in [-0.1, -0.05) is 37.5 Å². The number of amides is 2. The summed E-state index contributed by atoms with van der Waals surface area (Å²) >= 11 is 0. The zero-order valence-corrected chi connectivity index (χ0v) is 16.6. The van der Waals surface area contributed by atoms with Crippen LogP contribution in [0.1, 0.15) is 62.0 Å². The molecule has 1 saturated carbocycles. The fourth-order valence-corrected chi connectivity index (χ4v) is 4.63. The van der Waals surface area contributed by atoms with Gasteiger partial charge in [-0.2, -0.15) is 13.2 Å². The van der Waals surface area contributed by atoms with Gasteiger partial charge in [-0.3, -0.25) is 4.79 Å². The highest BCUT2D eigenvalue weighted by Crippen LogP contribution is 2.42. The van der Waals surface area contributed by atoms with E-state index in [0.29, 0.717) is 38.5 Å². The normalized spacial score (nSPS) is 21.1. The van der Waals surface area contributed by atoms with Gasteiger partial charge in [0.2, 0.25) is 5.91 Å². The summed E-state index contributed by atoms with van der Waals surface area (Å²) in [6, 6.07) is 4.40. The van der Waals surface area contributed by atoms with Crippen LogP contribution in [0, 0.1) is 0 Å². The van der Waals surface area contributed by atoms with Crippen molar-refractivity contribution in [1.29, 1.82) is 0 Å². The number of carboxylic acid groups (broad SMARTS) is 1. The van der Waals surface area contributed by atoms with E-state index in [4.69, 9.17) is 5.11 Å². The zero-order valence-electron chi connectivity index (χ0n) is 16.6. The van der Waals surface area contributed by atoms with Gasteiger partial charge in [0, 0.05) is 19.1 Å². The molecule has 1 aliphatic heterocycles. The third-order valence-corrected chi connectivity index (χ3v) is 6.19. The third kappa shape index (κ3) is 5.06. The zero-order chi connectivity index (χ0) is 21.9. The first kappa shape index (κ1) is 22.4. The summed E-state index contributed by atoms with van der Waals surface area (Å²) in [7, 11) is 0. The number of hydrogen-bond donors (Lipinski definition) is 3. The minimum Gasteiger partial charge on any atom is -0.465 e. The Hall–Kier alpha value is -2.29. The number of nitrogens with one attached hydrogen (secondary N) is 1. The maximum atomic E-state index is 13.4. The Balaban J connectivity index is 1.87. The Morgan fingerprint density at radius 1 is 1.13 bits per heavy atom. The first-order valence-electron chi connectivity index (χ1n) is 10.3. The topological polar surface area (TPSA) is 89.9 Å². The van der Waals surface area contributed by atoms with Crippen LogP contribution in [0.5, 0.6) is 0 Å². The molecule has 9 heteroatoms. The second-order valence-electron chi connectivity index (χ2n) is 8.27. The second kappa shape index (κ2) is 8.83. The average Bonchev–Trinajstić information content (AvgIpc) is 2.68. The highest BCUT2D eigenvalue weighted by atomic mass is 19.4. The van der Waals surface area contributed by atoms with E-state index >= 15 is 0 Å². The lowest BCUT2D eigenvalue weighted by Crippen LogP contribution is -2.52. The van der Waals surface area contributed by atoms with Crippen molar-refractivity contribution in [1.82, 2.24) is 10.2 Å². The molecular formula is C21H27F3N2O4. The Morgan fingerprint density at radius 3 is 2.33 bits per heavy atom. The number of aliphatic hydroxyl groups is 1. The quantitative estimate of drug-likeness (QED) is 0.682. The number of likely N-dealkylation sites (tertiary alicyclic amines) is 1. The van der Waals surface area contributed by atoms with Gasteiger partial charge in [0.15, 0.2) is 0 Å². The van der Waals surface area contributed by atoms with Crippen LogP contribution in [0.15, 0.2) is 24.3 Å². The molecule has 1 unspecified atom stereocenters. The van der Waals surface area contributed by atoms with Gasteiger partial charge in [-0.05, 0) is 37.3 Å². The van der Waals surface area contributed by atoms with Crippen LogP contribution in [-0.2, 0) is 11.0 Å². The van der Waals surface area contributed by atoms with Gasteiger partial charge in [0.1, 0.15) is 0 Å². The lowest BCUT2D eigenvalue weighted by atomic mass is 9.71. The van der Waals surface area contributed by atoms with Crippen molar-refractivity contribution in [3.63, 3.8) is 0 Å². The maximum Gasteiger partial charge on any atom is 0.416 e. The summed E-state index contributed by atoms with van der Waals surface area (Å²) in [5, 5.41) is 22.6. The number of hydrogen-bond acceptors (Lipinski definition) is 3. The van der Waals surface area contributed by atoms with Gasteiger partial charge < -0.3 is 20.4 Å². The van der Waals surface area contributed by atoms with Gasteiger partial charge in [0.25, 0.3) is 0 Å². The van der Waals surface area contributed by atoms with E-state index in [0.717, 1.165) is 18.6 Å². The predicted octanol–water partition coefficient (Wildman–Crippen LogP) is 3.74. The van der Waals surface area contributed by atoms with E-state index in [2.05, 4.69) is 5.32 Å². The first-order chi connectivity index (χ1) is 14.1. The van der Waals surface area contributed by atoms with Crippen molar-refractivity contribution in [2.45, 2.75) is 68.7 Å². The summed E-state index contributed by atoms with van der Waals surface area (Å²) in [5.41, 5.74) is -2.07. The third-order valence-electron chi connectivity index (χ3n) is 6.19. The molecule has 6 nitrogen and oxygen atoms in total. The molecule has 166 valence electrons. The van der Waals surface area contributed by atoms with E-state index in [1.54, 1.807) is 0 Å². The van der Waals surface area contributed by atoms with Crippen molar-refractivity contribution >= 4 is 12.0 Å². The second-order valence-corrected chi connectivity index (χ2v) is 8.27. The number of alkyl halides is 3. The summed E-state index contributed by atoms with van der Waals surface area (Å²) in [5.74, 6) is -1.48. The lowest BCUT2D eigenvalue weighted by molar-refractivity contribution is -0.143. The van der Waals surface area contributed by atoms with Crippen molar-refractivity contribution in [2.24, 2.45) is 0 Å². The predicted molar refractivity (Wildman–Crippen MR) is 103 cm³/mol. The SMILES string of the molecule is O=C(O)NC1CCN(C(=O)C(c2cccc(C(F)(F)F)c2)C2(O)CCCCC2)CC1. The van der Waals surface area contributed by atoms with Crippen LogP contribution >= 0.6 is 0 Å². The molecule has 30 heavy (non-hydrogen) atoms. The molecule has 2 fully saturated rings. The minimum absolute atomic E-state index is 0.171. The smallest absolute Gasteiger partial charge is 0.416 e. The molecule has 3 N–H and O–H groups in total. The summed E-state index contributed by atoms with van der Waals surface area (Å²) < 4.78 is 39.8. The molecule has 1 aliphatic carbocycles. The molecular weight excluding hydrogens is 401 g/mol. The average molecular weight is 428 g/mol. The van der Waals surface area contributed by atoms with Crippen LogP contribution in [0.3, 0.4) is 0 Å². The van der Waals surface area contributed by atoms with Crippen LogP contribution in [-0.4, -0.2) is 51.8 Å². The molecule has 0 radical (unpaired) electrons. The van der Waals surface area contributed by atoms with Crippen LogP contribution in [0.2, 0.25) is 0 Å². The van der Waals surface area contributed by atoms with Crippen LogP contribution in [0.4, 0.5) is 18.0 Å². The number of rotatable bonds is 4. The standard InChI is InChI=1S/C21H27F3N2O4/c22-21(23,24)15-6-4-5-14(13-15)17(20(30)9-2-1-3-10-20)18(27)26-11-7-16(8-12-26)25-19(28)29/h4-6,13,16-17,25,30H,1-3,7-12H2,(H,28,29). The van der Waals surface area contributed by atoms with Gasteiger partial charge in [-0.25, -0.2) is 4.79 Å². The molecule has 1 heterocycles. The first-order valence-corrected chi connectivity index (χ1v) is 10.3. The van der Waals surface area contributed by atoms with E-state index in [1.165, 1.54) is 17.0 Å². The molecule has 0 aromatic heterocycles. The summed E-state index contributed by atoms with van der Waals surface area (Å²) in [6.07, 6.45) is -1.77. The molecule has 1 aromatic rings. The molecule has 2 aliphatic rings. The van der Waals surface area contributed by atoms with E-state index in [9.17, 15) is 27.9 Å². The molecule has 1 aromatic carbocycles. The summed E-state index contributed by atoms with van der Waals surface area (Å²) in [6.45, 7) is 0.574. The van der Waals surface area contributed by atoms with Crippen LogP contribution < -0.4 is 5.32 Å². The number of carbonyl (C=O) groups is 2. The van der Waals surface area contributed by atoms with Gasteiger partial charge in [0.05, 0.1) is 17.1 Å². The highest BCUT2D eigenvalue weighted by molar-refractivity contribution is 5.85. The van der Waals surface area contributed by atoms with E-state index in [1.807, 2.05) is 0 Å². The monoisotopic (exact) mass is 428 g/mol. The number of nitrogens with zero attached hydrogens (tertiary/aromatic N) is 1. The van der Waals surface area contributed by atoms with E-state index < -0.39 is 35.3 Å². The van der Waals surface area contributed by atoms with E-state index in [-0.39, 0.29) is 24.7 Å². The molecule has 1 atom stereocenters. The van der Waals surface area contributed by atoms with Crippen molar-refractivity contribution in [2.75, 3.05) is 13.1 Å². The Morgan fingerprint density at radius 2 is 1.77 bits per heavy atom. The highest BCUT2D eigenvalue weighted by Gasteiger charge is 2.45. The van der Waals surface area contributed by atoms with Crippen molar-refractivity contribution in [3.8, 4) is 0 Å². The Kier molecular flexibility index (Phi) is 6.59. The molecule has 2 amide bonds. The molecule has 1 saturated heterocycles. The molecule has 3 rings (SSSR count).